The van der Waals surface area contributed by atoms with Gasteiger partial charge in [0.05, 0.1) is 47.5 Å². The molecule has 6 aromatic rings. The van der Waals surface area contributed by atoms with E-state index in [0.717, 1.165) is 22.2 Å². The maximum Gasteiger partial charge on any atom is 0.178 e. The van der Waals surface area contributed by atoms with Crippen LogP contribution in [0.4, 0.5) is 0 Å². The Labute approximate surface area is 272 Å². The maximum absolute atomic E-state index is 6.09. The average Bonchev–Trinajstić information content (AvgIpc) is 3.68. The van der Waals surface area contributed by atoms with Gasteiger partial charge in [-0.3, -0.25) is 0 Å². The van der Waals surface area contributed by atoms with E-state index in [2.05, 4.69) is 29.9 Å². The molecule has 0 atom stereocenters. The quantitative estimate of drug-likeness (QED) is 0.222. The molecule has 0 unspecified atom stereocenters. The van der Waals surface area contributed by atoms with Crippen LogP contribution >= 0.6 is 23.2 Å². The summed E-state index contributed by atoms with van der Waals surface area (Å²) in [6.07, 6.45) is 3.13. The number of imidazole rings is 2. The van der Waals surface area contributed by atoms with E-state index in [1.165, 1.54) is 0 Å². The smallest absolute Gasteiger partial charge is 0.178 e. The van der Waals surface area contributed by atoms with Crippen molar-refractivity contribution in [3.63, 3.8) is 0 Å². The molecule has 236 valence electrons. The molecule has 1 aliphatic rings. The average molecular weight is 664 g/mol. The lowest BCUT2D eigenvalue weighted by molar-refractivity contribution is 0.0640. The van der Waals surface area contributed by atoms with Crippen LogP contribution in [0.3, 0.4) is 0 Å². The van der Waals surface area contributed by atoms with Gasteiger partial charge in [-0.2, -0.15) is 0 Å². The van der Waals surface area contributed by atoms with E-state index in [0.29, 0.717) is 109 Å². The van der Waals surface area contributed by atoms with Gasteiger partial charge in [0.1, 0.15) is 38.1 Å². The van der Waals surface area contributed by atoms with Crippen molar-refractivity contribution in [1.82, 2.24) is 29.9 Å². The highest BCUT2D eigenvalue weighted by Crippen LogP contribution is 2.34. The van der Waals surface area contributed by atoms with Crippen molar-refractivity contribution in [2.75, 3.05) is 52.9 Å². The van der Waals surface area contributed by atoms with Crippen molar-refractivity contribution in [3.8, 4) is 45.8 Å². The number of rotatable bonds is 2. The fourth-order valence-corrected chi connectivity index (χ4v) is 5.16. The first kappa shape index (κ1) is 30.1. The Hall–Kier alpha value is -4.62. The van der Waals surface area contributed by atoms with Crippen molar-refractivity contribution in [2.24, 2.45) is 0 Å². The Morgan fingerprint density at radius 3 is 1.35 bits per heavy atom. The van der Waals surface area contributed by atoms with E-state index in [1.54, 1.807) is 24.5 Å². The van der Waals surface area contributed by atoms with Crippen LogP contribution in [0.1, 0.15) is 0 Å². The number of fused-ring (bicyclic) bond motifs is 4. The normalized spacial score (nSPS) is 15.0. The second-order valence-electron chi connectivity index (χ2n) is 10.2. The molecule has 0 saturated heterocycles. The van der Waals surface area contributed by atoms with Gasteiger partial charge in [0, 0.05) is 23.5 Å². The zero-order chi connectivity index (χ0) is 31.3. The minimum atomic E-state index is 0.293. The third-order valence-electron chi connectivity index (χ3n) is 6.98. The van der Waals surface area contributed by atoms with Crippen molar-refractivity contribution < 1.29 is 28.4 Å². The molecule has 2 N–H and O–H groups in total. The zero-order valence-electron chi connectivity index (χ0n) is 24.4. The van der Waals surface area contributed by atoms with Crippen molar-refractivity contribution in [1.29, 1.82) is 0 Å². The van der Waals surface area contributed by atoms with Crippen molar-refractivity contribution >= 4 is 45.5 Å². The van der Waals surface area contributed by atoms with Crippen LogP contribution in [0.5, 0.6) is 23.0 Å². The second-order valence-corrected chi connectivity index (χ2v) is 11.0. The fourth-order valence-electron chi connectivity index (χ4n) is 4.84. The Bertz CT molecular complexity index is 1840. The summed E-state index contributed by atoms with van der Waals surface area (Å²) in [6, 6.07) is 14.8. The predicted molar refractivity (Wildman–Crippen MR) is 172 cm³/mol. The minimum Gasteiger partial charge on any atom is -0.487 e. The van der Waals surface area contributed by atoms with Crippen LogP contribution < -0.4 is 18.9 Å². The Balaban J connectivity index is 1.03. The summed E-state index contributed by atoms with van der Waals surface area (Å²) in [7, 11) is 0. The van der Waals surface area contributed by atoms with E-state index in [1.807, 2.05) is 36.4 Å². The first-order valence-corrected chi connectivity index (χ1v) is 15.3. The lowest BCUT2D eigenvalue weighted by atomic mass is 10.2. The van der Waals surface area contributed by atoms with Crippen LogP contribution in [0.2, 0.25) is 10.0 Å². The lowest BCUT2D eigenvalue weighted by Gasteiger charge is -2.16. The van der Waals surface area contributed by atoms with E-state index < -0.39 is 0 Å². The molecule has 5 heterocycles. The molecule has 0 aliphatic carbocycles. The number of ether oxygens (including phenoxy) is 6. The third kappa shape index (κ3) is 6.95. The number of H-pyrrole nitrogens is 2. The molecule has 0 bridgehead atoms. The van der Waals surface area contributed by atoms with E-state index in [9.17, 15) is 0 Å². The first-order chi connectivity index (χ1) is 22.6. The number of hydrogen-bond donors (Lipinski definition) is 2. The monoisotopic (exact) mass is 662 g/mol. The maximum atomic E-state index is 6.09. The summed E-state index contributed by atoms with van der Waals surface area (Å²) >= 11 is 12.2. The highest BCUT2D eigenvalue weighted by molar-refractivity contribution is 6.31. The molecule has 4 aromatic heterocycles. The van der Waals surface area contributed by atoms with Gasteiger partial charge >= 0.3 is 0 Å². The molecule has 0 fully saturated rings. The molecule has 14 heteroatoms. The van der Waals surface area contributed by atoms with Gasteiger partial charge in [-0.15, -0.1) is 0 Å². The SMILES string of the molecule is Clc1cnc2nc(-c3ccc4c(c3)OCCOCCOc3cc(-c5nc6ncc(Cl)cc6[nH]5)ccc3OCCOCCO4)[nH]c2c1. The van der Waals surface area contributed by atoms with Gasteiger partial charge in [0.25, 0.3) is 0 Å². The highest BCUT2D eigenvalue weighted by Gasteiger charge is 2.15. The van der Waals surface area contributed by atoms with Crippen LogP contribution in [0, 0.1) is 0 Å². The molecule has 0 spiro atoms. The molecule has 12 nitrogen and oxygen atoms in total. The Morgan fingerprint density at radius 1 is 0.500 bits per heavy atom. The number of aromatic nitrogens is 6. The number of nitrogens with zero attached hydrogens (tertiary/aromatic N) is 4. The molecule has 7 rings (SSSR count). The summed E-state index contributed by atoms with van der Waals surface area (Å²) in [5, 5.41) is 1.06. The van der Waals surface area contributed by atoms with Gasteiger partial charge in [-0.05, 0) is 48.5 Å². The third-order valence-corrected chi connectivity index (χ3v) is 7.40. The number of pyridine rings is 2. The van der Waals surface area contributed by atoms with Crippen LogP contribution in [0.25, 0.3) is 45.1 Å². The minimum absolute atomic E-state index is 0.293. The van der Waals surface area contributed by atoms with Gasteiger partial charge in [-0.1, -0.05) is 23.2 Å². The lowest BCUT2D eigenvalue weighted by Crippen LogP contribution is -2.15. The zero-order valence-corrected chi connectivity index (χ0v) is 25.9. The Kier molecular flexibility index (Phi) is 9.01. The largest absolute Gasteiger partial charge is 0.487 e. The molecule has 46 heavy (non-hydrogen) atoms. The molecule has 0 amide bonds. The highest BCUT2D eigenvalue weighted by atomic mass is 35.5. The number of nitrogens with one attached hydrogen (secondary N) is 2. The van der Waals surface area contributed by atoms with Gasteiger partial charge in [-0.25, -0.2) is 19.9 Å². The van der Waals surface area contributed by atoms with E-state index >= 15 is 0 Å². The first-order valence-electron chi connectivity index (χ1n) is 14.6. The van der Waals surface area contributed by atoms with Crippen LogP contribution in [0.15, 0.2) is 60.9 Å². The standard InChI is InChI=1S/C32H28Cl2N6O6/c33-21-15-23-31(35-17-21)39-29(37-23)19-1-3-25-27(13-19)45-11-7-42-8-12-46-28-14-20(2-4-26(28)44-10-6-41-5-9-43-25)30-38-24-16-22(34)18-36-32(24)40-30/h1-4,13-18H,5-12H2,(H,35,37,39)(H,36,38,40). The van der Waals surface area contributed by atoms with Crippen LogP contribution in [-0.4, -0.2) is 82.8 Å². The molecule has 1 aliphatic heterocycles. The molecule has 0 saturated carbocycles. The molecular formula is C32H28Cl2N6O6. The Morgan fingerprint density at radius 2 is 0.913 bits per heavy atom. The van der Waals surface area contributed by atoms with Gasteiger partial charge in [0.2, 0.25) is 0 Å². The van der Waals surface area contributed by atoms with E-state index in [4.69, 9.17) is 51.6 Å². The number of halogens is 2. The van der Waals surface area contributed by atoms with Crippen molar-refractivity contribution in [3.05, 3.63) is 71.0 Å². The summed E-state index contributed by atoms with van der Waals surface area (Å²) < 4.78 is 35.8. The van der Waals surface area contributed by atoms with Crippen molar-refractivity contribution in [2.45, 2.75) is 0 Å². The summed E-state index contributed by atoms with van der Waals surface area (Å²) in [5.41, 5.74) is 4.24. The fraction of sp³-hybridized carbons (Fsp3) is 0.250. The summed E-state index contributed by atoms with van der Waals surface area (Å²) in [5.74, 6) is 3.54. The number of aromatic amines is 2. The van der Waals surface area contributed by atoms with E-state index in [-0.39, 0.29) is 0 Å². The predicted octanol–water partition coefficient (Wildman–Crippen LogP) is 6.13. The number of benzene rings is 2. The van der Waals surface area contributed by atoms with Gasteiger partial charge in [0.15, 0.2) is 34.3 Å². The molecular weight excluding hydrogens is 635 g/mol. The van der Waals surface area contributed by atoms with Gasteiger partial charge < -0.3 is 38.4 Å². The number of hydrogen-bond acceptors (Lipinski definition) is 10. The molecule has 0 radical (unpaired) electrons. The summed E-state index contributed by atoms with van der Waals surface area (Å²) in [6.45, 7) is 2.61. The second kappa shape index (κ2) is 13.8. The van der Waals surface area contributed by atoms with Crippen LogP contribution in [-0.2, 0) is 9.47 Å². The topological polar surface area (TPSA) is 139 Å². The molecule has 2 aromatic carbocycles. The summed E-state index contributed by atoms with van der Waals surface area (Å²) in [4.78, 5) is 24.2.